The number of sulfonamides is 1. The van der Waals surface area contributed by atoms with Crippen molar-refractivity contribution in [2.75, 3.05) is 40.5 Å². The van der Waals surface area contributed by atoms with Gasteiger partial charge in [-0.3, -0.25) is 9.63 Å². The normalized spacial score (nSPS) is 26.9. The predicted octanol–water partition coefficient (Wildman–Crippen LogP) is 1.59. The highest BCUT2D eigenvalue weighted by molar-refractivity contribution is 7.89. The Hall–Kier alpha value is -1.68. The molecule has 1 aromatic rings. The second-order valence-corrected chi connectivity index (χ2v) is 9.25. The Balaban J connectivity index is 1.84. The lowest BCUT2D eigenvalue weighted by atomic mass is 10.0. The Bertz CT molecular complexity index is 799. The highest BCUT2D eigenvalue weighted by atomic mass is 32.2. The smallest absolute Gasteiger partial charge is 0.310 e. The molecule has 3 unspecified atom stereocenters. The van der Waals surface area contributed by atoms with Crippen LogP contribution in [-0.4, -0.2) is 69.5 Å². The van der Waals surface area contributed by atoms with Crippen LogP contribution in [0.2, 0.25) is 0 Å². The second-order valence-electron chi connectivity index (χ2n) is 7.10. The number of methoxy groups -OCH3 is 1. The monoisotopic (exact) mass is 412 g/mol. The third-order valence-corrected chi connectivity index (χ3v) is 7.58. The summed E-state index contributed by atoms with van der Waals surface area (Å²) in [5, 5.41) is 0.828. The molecule has 2 aliphatic rings. The van der Waals surface area contributed by atoms with E-state index < -0.39 is 27.2 Å². The summed E-state index contributed by atoms with van der Waals surface area (Å²) in [7, 11) is -0.367. The molecule has 0 aromatic heterocycles. The van der Waals surface area contributed by atoms with Gasteiger partial charge in [0.15, 0.2) is 0 Å². The molecule has 2 heterocycles. The fourth-order valence-electron chi connectivity index (χ4n) is 3.91. The number of esters is 1. The molecular weight excluding hydrogens is 384 g/mol. The average molecular weight is 413 g/mol. The Kier molecular flexibility index (Phi) is 6.59. The highest BCUT2D eigenvalue weighted by Gasteiger charge is 2.47. The number of nitrogens with zero attached hydrogens (tertiary/aromatic N) is 2. The van der Waals surface area contributed by atoms with E-state index >= 15 is 0 Å². The molecular formula is C19H28N2O6S. The van der Waals surface area contributed by atoms with Crippen LogP contribution in [-0.2, 0) is 24.4 Å². The van der Waals surface area contributed by atoms with E-state index in [0.717, 1.165) is 5.56 Å². The molecule has 0 amide bonds. The first-order chi connectivity index (χ1) is 13.4. The summed E-state index contributed by atoms with van der Waals surface area (Å²) in [6.07, 6.45) is 1.28. The minimum Gasteiger partial charge on any atom is -0.497 e. The Labute approximate surface area is 166 Å². The van der Waals surface area contributed by atoms with E-state index in [1.165, 1.54) is 4.31 Å². The van der Waals surface area contributed by atoms with E-state index in [-0.39, 0.29) is 19.1 Å². The van der Waals surface area contributed by atoms with E-state index in [2.05, 4.69) is 0 Å². The molecule has 0 N–H and O–H groups in total. The number of carbonyl (C=O) groups excluding carboxylic acids is 1. The van der Waals surface area contributed by atoms with Gasteiger partial charge in [0, 0.05) is 20.1 Å². The van der Waals surface area contributed by atoms with Gasteiger partial charge in [-0.25, -0.2) is 12.7 Å². The summed E-state index contributed by atoms with van der Waals surface area (Å²) >= 11 is 0. The van der Waals surface area contributed by atoms with E-state index in [1.54, 1.807) is 26.1 Å². The van der Waals surface area contributed by atoms with Crippen LogP contribution in [0.1, 0.15) is 31.4 Å². The van der Waals surface area contributed by atoms with Crippen LogP contribution in [0.25, 0.3) is 0 Å². The third-order valence-electron chi connectivity index (χ3n) is 5.37. The topological polar surface area (TPSA) is 85.4 Å². The van der Waals surface area contributed by atoms with Crippen LogP contribution in [0.3, 0.4) is 0 Å². The van der Waals surface area contributed by atoms with Crippen LogP contribution in [0, 0.1) is 5.92 Å². The van der Waals surface area contributed by atoms with E-state index in [0.29, 0.717) is 31.7 Å². The zero-order valence-corrected chi connectivity index (χ0v) is 17.4. The maximum absolute atomic E-state index is 13.4. The summed E-state index contributed by atoms with van der Waals surface area (Å²) < 4.78 is 38.7. The van der Waals surface area contributed by atoms with Crippen molar-refractivity contribution in [1.82, 2.24) is 9.37 Å². The molecule has 2 aliphatic heterocycles. The van der Waals surface area contributed by atoms with Gasteiger partial charge in [0.2, 0.25) is 10.0 Å². The van der Waals surface area contributed by atoms with Crippen molar-refractivity contribution in [3.63, 3.8) is 0 Å². The van der Waals surface area contributed by atoms with Gasteiger partial charge in [-0.2, -0.15) is 5.06 Å². The summed E-state index contributed by atoms with van der Waals surface area (Å²) in [4.78, 5) is 17.7. The zero-order chi connectivity index (χ0) is 20.3. The molecule has 8 nitrogen and oxygen atoms in total. The van der Waals surface area contributed by atoms with Gasteiger partial charge in [0.1, 0.15) is 11.0 Å². The van der Waals surface area contributed by atoms with Gasteiger partial charge in [-0.15, -0.1) is 0 Å². The predicted molar refractivity (Wildman–Crippen MR) is 103 cm³/mol. The number of hydrogen-bond acceptors (Lipinski definition) is 7. The lowest BCUT2D eigenvalue weighted by molar-refractivity contribution is -0.149. The molecule has 1 aromatic carbocycles. The van der Waals surface area contributed by atoms with Crippen LogP contribution in [0.5, 0.6) is 5.75 Å². The molecule has 0 spiro atoms. The quantitative estimate of drug-likeness (QED) is 0.656. The Morgan fingerprint density at radius 1 is 1.36 bits per heavy atom. The van der Waals surface area contributed by atoms with Crippen molar-refractivity contribution < 1.29 is 27.5 Å². The van der Waals surface area contributed by atoms with Crippen molar-refractivity contribution in [2.45, 2.75) is 31.1 Å². The van der Waals surface area contributed by atoms with Crippen molar-refractivity contribution in [3.8, 4) is 5.75 Å². The van der Waals surface area contributed by atoms with Crippen LogP contribution in [0.15, 0.2) is 24.3 Å². The number of hydroxylamine groups is 2. The van der Waals surface area contributed by atoms with Gasteiger partial charge in [0.05, 0.1) is 32.3 Å². The van der Waals surface area contributed by atoms with Gasteiger partial charge < -0.3 is 9.47 Å². The van der Waals surface area contributed by atoms with Gasteiger partial charge in [-0.1, -0.05) is 12.1 Å². The Morgan fingerprint density at radius 3 is 2.86 bits per heavy atom. The van der Waals surface area contributed by atoms with E-state index in [9.17, 15) is 13.2 Å². The second kappa shape index (κ2) is 8.77. The minimum atomic E-state index is -3.67. The lowest BCUT2D eigenvalue weighted by Crippen LogP contribution is -2.48. The first-order valence-electron chi connectivity index (χ1n) is 9.53. The molecule has 28 heavy (non-hydrogen) atoms. The summed E-state index contributed by atoms with van der Waals surface area (Å²) in [5.41, 5.74) is 0.812. The minimum absolute atomic E-state index is 0.0707. The fourth-order valence-corrected chi connectivity index (χ4v) is 5.95. The van der Waals surface area contributed by atoms with Crippen LogP contribution >= 0.6 is 0 Å². The van der Waals surface area contributed by atoms with Gasteiger partial charge in [0.25, 0.3) is 0 Å². The summed E-state index contributed by atoms with van der Waals surface area (Å²) in [6, 6.07) is 6.90. The number of piperidine rings is 1. The third kappa shape index (κ3) is 4.17. The molecule has 0 aliphatic carbocycles. The molecule has 3 rings (SSSR count). The van der Waals surface area contributed by atoms with Gasteiger partial charge >= 0.3 is 5.97 Å². The molecule has 156 valence electrons. The first kappa shape index (κ1) is 21.0. The zero-order valence-electron chi connectivity index (χ0n) is 16.5. The maximum atomic E-state index is 13.4. The lowest BCUT2D eigenvalue weighted by Gasteiger charge is -2.34. The van der Waals surface area contributed by atoms with Crippen LogP contribution in [0.4, 0.5) is 0 Å². The molecule has 0 saturated carbocycles. The van der Waals surface area contributed by atoms with Crippen molar-refractivity contribution >= 4 is 16.0 Å². The fraction of sp³-hybridized carbons (Fsp3) is 0.632. The van der Waals surface area contributed by atoms with Gasteiger partial charge in [-0.05, 0) is 37.5 Å². The summed E-state index contributed by atoms with van der Waals surface area (Å²) in [6.45, 7) is 2.68. The van der Waals surface area contributed by atoms with Crippen molar-refractivity contribution in [1.29, 1.82) is 0 Å². The number of benzene rings is 1. The van der Waals surface area contributed by atoms with E-state index in [1.807, 2.05) is 24.3 Å². The van der Waals surface area contributed by atoms with Crippen molar-refractivity contribution in [2.24, 2.45) is 5.92 Å². The van der Waals surface area contributed by atoms with Crippen LogP contribution < -0.4 is 4.74 Å². The average Bonchev–Trinajstić information content (AvgIpc) is 3.10. The number of hydrogen-bond donors (Lipinski definition) is 0. The molecule has 9 heteroatoms. The standard InChI is InChI=1S/C19H28N2O6S/c1-4-26-19(22)15-8-6-10-21(12-15)28(23,24)17-13-27-20(2)18(17)14-7-5-9-16(11-14)25-3/h5,7,9,11,15,17-18H,4,6,8,10,12-13H2,1-3H3. The summed E-state index contributed by atoms with van der Waals surface area (Å²) in [5.74, 6) is -0.0837. The molecule has 0 radical (unpaired) electrons. The number of rotatable bonds is 6. The van der Waals surface area contributed by atoms with Crippen molar-refractivity contribution in [3.05, 3.63) is 29.8 Å². The first-order valence-corrected chi connectivity index (χ1v) is 11.0. The largest absolute Gasteiger partial charge is 0.497 e. The highest BCUT2D eigenvalue weighted by Crippen LogP contribution is 2.37. The molecule has 0 bridgehead atoms. The maximum Gasteiger partial charge on any atom is 0.310 e. The molecule has 2 fully saturated rings. The SMILES string of the molecule is CCOC(=O)C1CCCN(S(=O)(=O)C2CON(C)C2c2cccc(OC)c2)C1. The molecule has 2 saturated heterocycles. The number of carbonyl (C=O) groups is 1. The molecule has 3 atom stereocenters. The van der Waals surface area contributed by atoms with E-state index in [4.69, 9.17) is 14.3 Å². The Morgan fingerprint density at radius 2 is 2.14 bits per heavy atom. The number of ether oxygens (including phenoxy) is 2.